The predicted molar refractivity (Wildman–Crippen MR) is 126 cm³/mol. The first-order chi connectivity index (χ1) is 16.2. The first kappa shape index (κ1) is 22.0. The minimum atomic E-state index is 0.00504. The maximum Gasteiger partial charge on any atom is 0.254 e. The molecule has 1 saturated heterocycles. The highest BCUT2D eigenvalue weighted by molar-refractivity contribution is 5.95. The Balaban J connectivity index is 1.41. The number of carbonyl (C=O) groups excluding carboxylic acids is 1. The molecule has 2 fully saturated rings. The highest BCUT2D eigenvalue weighted by atomic mass is 16.5. The second kappa shape index (κ2) is 9.59. The van der Waals surface area contributed by atoms with Crippen LogP contribution < -0.4 is 14.4 Å². The van der Waals surface area contributed by atoms with E-state index in [0.29, 0.717) is 36.8 Å². The molecule has 3 aliphatic rings. The van der Waals surface area contributed by atoms with Crippen molar-refractivity contribution in [3.05, 3.63) is 47.7 Å². The lowest BCUT2D eigenvalue weighted by atomic mass is 10.1. The predicted octanol–water partition coefficient (Wildman–Crippen LogP) is 4.05. The van der Waals surface area contributed by atoms with Crippen LogP contribution in [0.5, 0.6) is 11.5 Å². The van der Waals surface area contributed by atoms with E-state index in [1.807, 2.05) is 42.3 Å². The molecule has 1 amide bonds. The molecule has 1 aromatic heterocycles. The Morgan fingerprint density at radius 1 is 1.12 bits per heavy atom. The van der Waals surface area contributed by atoms with Crippen LogP contribution in [0.4, 0.5) is 5.82 Å². The van der Waals surface area contributed by atoms with E-state index >= 15 is 0 Å². The second-order valence-corrected chi connectivity index (χ2v) is 9.18. The van der Waals surface area contributed by atoms with Crippen LogP contribution in [0.2, 0.25) is 0 Å². The molecule has 2 aliphatic heterocycles. The Hall–Kier alpha value is -2.80. The number of rotatable bonds is 6. The summed E-state index contributed by atoms with van der Waals surface area (Å²) in [7, 11) is 1.64. The zero-order chi connectivity index (χ0) is 22.8. The number of ether oxygens (including phenoxy) is 3. The average Bonchev–Trinajstić information content (AvgIpc) is 3.45. The van der Waals surface area contributed by atoms with Gasteiger partial charge in [0, 0.05) is 43.6 Å². The summed E-state index contributed by atoms with van der Waals surface area (Å²) in [6.07, 6.45) is 7.57. The number of anilines is 1. The average molecular weight is 452 g/mol. The van der Waals surface area contributed by atoms with Crippen LogP contribution in [0.15, 0.2) is 36.5 Å². The summed E-state index contributed by atoms with van der Waals surface area (Å²) < 4.78 is 17.7. The Morgan fingerprint density at radius 2 is 1.97 bits per heavy atom. The molecule has 2 aromatic rings. The van der Waals surface area contributed by atoms with Gasteiger partial charge in [-0.15, -0.1) is 0 Å². The van der Waals surface area contributed by atoms with Crippen molar-refractivity contribution in [3.8, 4) is 11.5 Å². The summed E-state index contributed by atoms with van der Waals surface area (Å²) in [6.45, 7) is 4.72. The van der Waals surface area contributed by atoms with Gasteiger partial charge in [0.1, 0.15) is 5.82 Å². The minimum absolute atomic E-state index is 0.00504. The third-order valence-electron chi connectivity index (χ3n) is 7.00. The fourth-order valence-electron chi connectivity index (χ4n) is 5.42. The Labute approximate surface area is 195 Å². The molecule has 5 rings (SSSR count). The number of fused-ring (bicyclic) bond motifs is 3. The van der Waals surface area contributed by atoms with Crippen molar-refractivity contribution in [1.29, 1.82) is 0 Å². The molecule has 176 valence electrons. The molecule has 33 heavy (non-hydrogen) atoms. The van der Waals surface area contributed by atoms with Crippen LogP contribution in [0.1, 0.15) is 54.9 Å². The normalized spacial score (nSPS) is 22.6. The van der Waals surface area contributed by atoms with Crippen molar-refractivity contribution >= 4 is 11.7 Å². The molecule has 0 spiro atoms. The summed E-state index contributed by atoms with van der Waals surface area (Å²) in [5, 5.41) is 0. The molecule has 7 heteroatoms. The standard InChI is InChI=1S/C26H33N3O4/c1-3-32-22-14-20-16-28(15-19-7-6-12-27-25(19)29(20)17-22)26(30)18-10-11-23(31-2)24(13-18)33-21-8-4-5-9-21/h6-7,10-13,20-22H,3-5,8-9,14-17H2,1-2H3/t20-,22+/m0/s1. The first-order valence-electron chi connectivity index (χ1n) is 12.1. The van der Waals surface area contributed by atoms with Crippen molar-refractivity contribution < 1.29 is 19.0 Å². The summed E-state index contributed by atoms with van der Waals surface area (Å²) in [6, 6.07) is 9.74. The van der Waals surface area contributed by atoms with Gasteiger partial charge in [-0.05, 0) is 63.3 Å². The molecule has 3 heterocycles. The smallest absolute Gasteiger partial charge is 0.254 e. The topological polar surface area (TPSA) is 64.1 Å². The van der Waals surface area contributed by atoms with Gasteiger partial charge in [-0.25, -0.2) is 4.98 Å². The van der Waals surface area contributed by atoms with Crippen molar-refractivity contribution in [2.45, 2.75) is 63.8 Å². The third kappa shape index (κ3) is 4.51. The van der Waals surface area contributed by atoms with Crippen molar-refractivity contribution in [3.63, 3.8) is 0 Å². The summed E-state index contributed by atoms with van der Waals surface area (Å²) >= 11 is 0. The van der Waals surface area contributed by atoms with Gasteiger partial charge in [0.25, 0.3) is 5.91 Å². The van der Waals surface area contributed by atoms with E-state index in [1.54, 1.807) is 7.11 Å². The Bertz CT molecular complexity index is 991. The number of aromatic nitrogens is 1. The van der Waals surface area contributed by atoms with Gasteiger partial charge in [-0.2, -0.15) is 0 Å². The van der Waals surface area contributed by atoms with Gasteiger partial charge < -0.3 is 24.0 Å². The quantitative estimate of drug-likeness (QED) is 0.660. The number of hydrogen-bond donors (Lipinski definition) is 0. The number of methoxy groups -OCH3 is 1. The van der Waals surface area contributed by atoms with Crippen molar-refractivity contribution in [2.75, 3.05) is 31.7 Å². The van der Waals surface area contributed by atoms with E-state index in [-0.39, 0.29) is 24.2 Å². The van der Waals surface area contributed by atoms with Crippen molar-refractivity contribution in [2.24, 2.45) is 0 Å². The number of benzene rings is 1. The molecular weight excluding hydrogens is 418 g/mol. The van der Waals surface area contributed by atoms with Crippen LogP contribution >= 0.6 is 0 Å². The van der Waals surface area contributed by atoms with E-state index in [9.17, 15) is 4.79 Å². The van der Waals surface area contributed by atoms with E-state index in [1.165, 1.54) is 12.8 Å². The minimum Gasteiger partial charge on any atom is -0.493 e. The zero-order valence-corrected chi connectivity index (χ0v) is 19.5. The second-order valence-electron chi connectivity index (χ2n) is 9.18. The van der Waals surface area contributed by atoms with Gasteiger partial charge in [0.2, 0.25) is 0 Å². The lowest BCUT2D eigenvalue weighted by molar-refractivity contribution is 0.0677. The lowest BCUT2D eigenvalue weighted by Crippen LogP contribution is -2.40. The number of pyridine rings is 1. The maximum absolute atomic E-state index is 13.7. The van der Waals surface area contributed by atoms with Gasteiger partial charge in [0.05, 0.1) is 25.4 Å². The maximum atomic E-state index is 13.7. The van der Waals surface area contributed by atoms with E-state index in [4.69, 9.17) is 14.2 Å². The molecule has 0 unspecified atom stereocenters. The van der Waals surface area contributed by atoms with Gasteiger partial charge in [-0.1, -0.05) is 6.07 Å². The monoisotopic (exact) mass is 451 g/mol. The van der Waals surface area contributed by atoms with E-state index in [0.717, 1.165) is 37.2 Å². The molecule has 1 saturated carbocycles. The lowest BCUT2D eigenvalue weighted by Gasteiger charge is -2.27. The summed E-state index contributed by atoms with van der Waals surface area (Å²) in [5.41, 5.74) is 1.70. The number of amides is 1. The van der Waals surface area contributed by atoms with E-state index in [2.05, 4.69) is 16.0 Å². The SMILES string of the molecule is CCO[C@@H]1C[C@H]2CN(C(=O)c3ccc(OC)c(OC4CCCC4)c3)Cc3cccnc3N2C1. The van der Waals surface area contributed by atoms with Gasteiger partial charge >= 0.3 is 0 Å². The number of hydrogen-bond acceptors (Lipinski definition) is 6. The first-order valence-corrected chi connectivity index (χ1v) is 12.1. The van der Waals surface area contributed by atoms with Crippen molar-refractivity contribution in [1.82, 2.24) is 9.88 Å². The van der Waals surface area contributed by atoms with Crippen LogP contribution in [0.3, 0.4) is 0 Å². The molecule has 1 aliphatic carbocycles. The fourth-order valence-corrected chi connectivity index (χ4v) is 5.42. The number of carbonyl (C=O) groups is 1. The highest BCUT2D eigenvalue weighted by Gasteiger charge is 2.39. The Kier molecular flexibility index (Phi) is 6.40. The molecule has 0 N–H and O–H groups in total. The Morgan fingerprint density at radius 3 is 2.76 bits per heavy atom. The highest BCUT2D eigenvalue weighted by Crippen LogP contribution is 2.35. The van der Waals surface area contributed by atoms with Crippen LogP contribution in [-0.4, -0.2) is 60.8 Å². The fraction of sp³-hybridized carbons (Fsp3) is 0.538. The van der Waals surface area contributed by atoms with Crippen LogP contribution in [0, 0.1) is 0 Å². The summed E-state index contributed by atoms with van der Waals surface area (Å²) in [5.74, 6) is 2.31. The zero-order valence-electron chi connectivity index (χ0n) is 19.5. The van der Waals surface area contributed by atoms with Crippen LogP contribution in [-0.2, 0) is 11.3 Å². The third-order valence-corrected chi connectivity index (χ3v) is 7.00. The molecule has 7 nitrogen and oxygen atoms in total. The molecule has 1 aromatic carbocycles. The summed E-state index contributed by atoms with van der Waals surface area (Å²) in [4.78, 5) is 22.6. The van der Waals surface area contributed by atoms with Gasteiger partial charge in [-0.3, -0.25) is 4.79 Å². The molecule has 0 radical (unpaired) electrons. The molecule has 2 atom stereocenters. The van der Waals surface area contributed by atoms with E-state index < -0.39 is 0 Å². The molecular formula is C26H33N3O4. The van der Waals surface area contributed by atoms with Crippen LogP contribution in [0.25, 0.3) is 0 Å². The largest absolute Gasteiger partial charge is 0.493 e. The molecule has 0 bridgehead atoms. The van der Waals surface area contributed by atoms with Gasteiger partial charge in [0.15, 0.2) is 11.5 Å². The number of nitrogens with zero attached hydrogens (tertiary/aromatic N) is 3.